The summed E-state index contributed by atoms with van der Waals surface area (Å²) >= 11 is 11.2. The number of benzene rings is 1. The van der Waals surface area contributed by atoms with Gasteiger partial charge in [-0.15, -0.1) is 0 Å². The number of amides is 1. The van der Waals surface area contributed by atoms with Crippen LogP contribution in [0.2, 0.25) is 10.2 Å². The number of hydrogen-bond donors (Lipinski definition) is 1. The van der Waals surface area contributed by atoms with Crippen molar-refractivity contribution < 1.29 is 18.7 Å². The normalized spacial score (nSPS) is 10.1. The molecule has 0 saturated carbocycles. The molecule has 22 heavy (non-hydrogen) atoms. The van der Waals surface area contributed by atoms with E-state index in [9.17, 15) is 14.0 Å². The Balaban J connectivity index is 1.88. The Labute approximate surface area is 135 Å². The highest BCUT2D eigenvalue weighted by atomic mass is 35.5. The minimum atomic E-state index is -0.712. The van der Waals surface area contributed by atoms with Crippen LogP contribution >= 0.6 is 23.2 Å². The van der Waals surface area contributed by atoms with Crippen LogP contribution < -0.4 is 5.32 Å². The molecular weight excluding hydrogens is 334 g/mol. The summed E-state index contributed by atoms with van der Waals surface area (Å²) in [6.45, 7) is -0.504. The lowest BCUT2D eigenvalue weighted by molar-refractivity contribution is -0.119. The summed E-state index contributed by atoms with van der Waals surface area (Å²) in [5, 5.41) is 2.54. The highest BCUT2D eigenvalue weighted by Crippen LogP contribution is 2.19. The zero-order valence-electron chi connectivity index (χ0n) is 11.0. The Kier molecular flexibility index (Phi) is 5.30. The molecule has 1 heterocycles. The largest absolute Gasteiger partial charge is 0.452 e. The van der Waals surface area contributed by atoms with Gasteiger partial charge in [0.25, 0.3) is 5.91 Å². The number of carbonyl (C=O) groups excluding carboxylic acids is 2. The highest BCUT2D eigenvalue weighted by Gasteiger charge is 2.11. The Morgan fingerprint density at radius 3 is 2.64 bits per heavy atom. The van der Waals surface area contributed by atoms with Gasteiger partial charge >= 0.3 is 5.97 Å². The van der Waals surface area contributed by atoms with Crippen molar-refractivity contribution >= 4 is 40.8 Å². The van der Waals surface area contributed by atoms with Gasteiger partial charge in [0.15, 0.2) is 6.61 Å². The monoisotopic (exact) mass is 342 g/mol. The third kappa shape index (κ3) is 4.41. The van der Waals surface area contributed by atoms with E-state index in [1.54, 1.807) is 0 Å². The molecule has 0 aliphatic carbocycles. The van der Waals surface area contributed by atoms with Gasteiger partial charge in [-0.1, -0.05) is 23.2 Å². The van der Waals surface area contributed by atoms with Crippen LogP contribution in [0.4, 0.5) is 10.1 Å². The summed E-state index contributed by atoms with van der Waals surface area (Å²) in [7, 11) is 0. The fourth-order valence-corrected chi connectivity index (χ4v) is 1.77. The number of anilines is 1. The fourth-order valence-electron chi connectivity index (χ4n) is 1.48. The van der Waals surface area contributed by atoms with E-state index in [1.807, 2.05) is 0 Å². The van der Waals surface area contributed by atoms with E-state index in [1.165, 1.54) is 30.5 Å². The summed E-state index contributed by atoms with van der Waals surface area (Å²) in [5.41, 5.74) is 0.461. The number of ether oxygens (including phenoxy) is 1. The summed E-state index contributed by atoms with van der Waals surface area (Å²) in [6.07, 6.45) is 1.24. The van der Waals surface area contributed by atoms with Crippen LogP contribution in [-0.2, 0) is 9.53 Å². The van der Waals surface area contributed by atoms with Gasteiger partial charge in [0, 0.05) is 11.9 Å². The van der Waals surface area contributed by atoms with Crippen LogP contribution in [0.15, 0.2) is 36.5 Å². The molecule has 0 radical (unpaired) electrons. The standard InChI is InChI=1S/C14H9Cl2FN2O3/c15-10-5-9(2-3-11(10)17)19-13(20)7-22-14(21)8-1-4-12(16)18-6-8/h1-6H,7H2,(H,19,20). The first-order valence-electron chi connectivity index (χ1n) is 5.99. The molecule has 5 nitrogen and oxygen atoms in total. The molecule has 1 amide bonds. The Morgan fingerprint density at radius 2 is 2.00 bits per heavy atom. The van der Waals surface area contributed by atoms with E-state index in [0.29, 0.717) is 5.69 Å². The van der Waals surface area contributed by atoms with E-state index in [0.717, 1.165) is 6.07 Å². The van der Waals surface area contributed by atoms with Gasteiger partial charge < -0.3 is 10.1 Å². The van der Waals surface area contributed by atoms with Gasteiger partial charge in [-0.3, -0.25) is 4.79 Å². The van der Waals surface area contributed by atoms with E-state index in [2.05, 4.69) is 10.3 Å². The van der Waals surface area contributed by atoms with Gasteiger partial charge in [-0.25, -0.2) is 14.2 Å². The smallest absolute Gasteiger partial charge is 0.340 e. The first-order valence-corrected chi connectivity index (χ1v) is 6.75. The minimum absolute atomic E-state index is 0.123. The topological polar surface area (TPSA) is 68.3 Å². The van der Waals surface area contributed by atoms with Gasteiger partial charge in [-0.05, 0) is 30.3 Å². The van der Waals surface area contributed by atoms with E-state index in [4.69, 9.17) is 27.9 Å². The maximum absolute atomic E-state index is 13.0. The number of rotatable bonds is 4. The van der Waals surface area contributed by atoms with Gasteiger partial charge in [0.1, 0.15) is 11.0 Å². The molecule has 2 aromatic rings. The van der Waals surface area contributed by atoms with Crippen molar-refractivity contribution in [2.24, 2.45) is 0 Å². The van der Waals surface area contributed by atoms with Crippen LogP contribution in [0.25, 0.3) is 0 Å². The van der Waals surface area contributed by atoms with Crippen LogP contribution in [-0.4, -0.2) is 23.5 Å². The van der Waals surface area contributed by atoms with E-state index in [-0.39, 0.29) is 15.7 Å². The summed E-state index contributed by atoms with van der Waals surface area (Å²) in [4.78, 5) is 27.0. The second-order valence-electron chi connectivity index (χ2n) is 4.12. The van der Waals surface area contributed by atoms with Crippen molar-refractivity contribution in [1.29, 1.82) is 0 Å². The second kappa shape index (κ2) is 7.20. The molecule has 0 saturated heterocycles. The molecule has 0 spiro atoms. The van der Waals surface area contributed by atoms with Gasteiger partial charge in [0.2, 0.25) is 0 Å². The molecule has 1 aromatic carbocycles. The van der Waals surface area contributed by atoms with Gasteiger partial charge in [-0.2, -0.15) is 0 Å². The number of nitrogens with one attached hydrogen (secondary N) is 1. The molecule has 1 N–H and O–H groups in total. The highest BCUT2D eigenvalue weighted by molar-refractivity contribution is 6.31. The van der Waals surface area contributed by atoms with Crippen molar-refractivity contribution in [2.45, 2.75) is 0 Å². The number of hydrogen-bond acceptors (Lipinski definition) is 4. The van der Waals surface area contributed by atoms with Crippen molar-refractivity contribution in [2.75, 3.05) is 11.9 Å². The Morgan fingerprint density at radius 1 is 1.23 bits per heavy atom. The molecule has 114 valence electrons. The van der Waals surface area contributed by atoms with Crippen LogP contribution in [0, 0.1) is 5.82 Å². The Bertz CT molecular complexity index is 708. The molecule has 0 fully saturated rings. The molecule has 1 aromatic heterocycles. The van der Waals surface area contributed by atoms with Crippen LogP contribution in [0.5, 0.6) is 0 Å². The molecule has 0 aliphatic heterocycles. The maximum atomic E-state index is 13.0. The molecule has 0 unspecified atom stereocenters. The van der Waals surface area contributed by atoms with Crippen LogP contribution in [0.3, 0.4) is 0 Å². The number of aromatic nitrogens is 1. The zero-order valence-corrected chi connectivity index (χ0v) is 12.5. The quantitative estimate of drug-likeness (QED) is 0.683. The van der Waals surface area contributed by atoms with Crippen molar-refractivity contribution in [3.05, 3.63) is 58.1 Å². The number of carbonyl (C=O) groups is 2. The lowest BCUT2D eigenvalue weighted by atomic mass is 10.3. The molecule has 0 bridgehead atoms. The first-order chi connectivity index (χ1) is 10.5. The molecule has 2 rings (SSSR count). The summed E-state index contributed by atoms with van der Waals surface area (Å²) in [6, 6.07) is 6.56. The van der Waals surface area contributed by atoms with Crippen molar-refractivity contribution in [1.82, 2.24) is 4.98 Å². The van der Waals surface area contributed by atoms with E-state index >= 15 is 0 Å². The third-order valence-electron chi connectivity index (χ3n) is 2.50. The summed E-state index contributed by atoms with van der Waals surface area (Å²) < 4.78 is 17.8. The van der Waals surface area contributed by atoms with E-state index < -0.39 is 24.3 Å². The van der Waals surface area contributed by atoms with Crippen molar-refractivity contribution in [3.63, 3.8) is 0 Å². The third-order valence-corrected chi connectivity index (χ3v) is 3.01. The number of esters is 1. The second-order valence-corrected chi connectivity index (χ2v) is 4.92. The van der Waals surface area contributed by atoms with Crippen LogP contribution in [0.1, 0.15) is 10.4 Å². The fraction of sp³-hybridized carbons (Fsp3) is 0.0714. The number of nitrogens with zero attached hydrogens (tertiary/aromatic N) is 1. The number of halogens is 3. The van der Waals surface area contributed by atoms with Crippen molar-refractivity contribution in [3.8, 4) is 0 Å². The lowest BCUT2D eigenvalue weighted by Crippen LogP contribution is -2.21. The Hall–Kier alpha value is -2.18. The average Bonchev–Trinajstić information content (AvgIpc) is 2.49. The molecule has 8 heteroatoms. The average molecular weight is 343 g/mol. The lowest BCUT2D eigenvalue weighted by Gasteiger charge is -2.07. The molecule has 0 aliphatic rings. The predicted octanol–water partition coefficient (Wildman–Crippen LogP) is 3.32. The molecular formula is C14H9Cl2FN2O3. The minimum Gasteiger partial charge on any atom is -0.452 e. The number of pyridine rings is 1. The predicted molar refractivity (Wildman–Crippen MR) is 79.6 cm³/mol. The first kappa shape index (κ1) is 16.2. The van der Waals surface area contributed by atoms with Gasteiger partial charge in [0.05, 0.1) is 10.6 Å². The molecule has 0 atom stereocenters. The summed E-state index contributed by atoms with van der Waals surface area (Å²) in [5.74, 6) is -1.89. The zero-order chi connectivity index (χ0) is 16.1. The SMILES string of the molecule is O=C(COC(=O)c1ccc(Cl)nc1)Nc1ccc(F)c(Cl)c1. The maximum Gasteiger partial charge on any atom is 0.340 e.